The molecule has 0 saturated carbocycles. The van der Waals surface area contributed by atoms with E-state index in [4.69, 9.17) is 9.47 Å². The van der Waals surface area contributed by atoms with Crippen LogP contribution < -0.4 is 5.32 Å². The number of hydrogen-bond donors (Lipinski definition) is 1. The van der Waals surface area contributed by atoms with Crippen LogP contribution in [0.5, 0.6) is 0 Å². The van der Waals surface area contributed by atoms with Gasteiger partial charge in [0.15, 0.2) is 5.78 Å². The largest absolute Gasteiger partial charge is 0.460 e. The molecule has 1 atom stereocenters. The Balaban J connectivity index is 2.07. The Morgan fingerprint density at radius 2 is 2.04 bits per heavy atom. The van der Waals surface area contributed by atoms with Gasteiger partial charge in [-0.3, -0.25) is 4.79 Å². The van der Waals surface area contributed by atoms with Crippen LogP contribution in [0.25, 0.3) is 0 Å². The number of carbonyl (C=O) groups is 2. The monoisotopic (exact) mass is 467 g/mol. The Hall–Kier alpha value is -1.67. The molecule has 3 rings (SSSR count). The van der Waals surface area contributed by atoms with E-state index in [9.17, 15) is 9.59 Å². The number of ether oxygens (including phenoxy) is 2. The van der Waals surface area contributed by atoms with Gasteiger partial charge in [0.2, 0.25) is 0 Å². The Bertz CT molecular complexity index is 797. The number of carbonyl (C=O) groups excluding carboxylic acids is 2. The van der Waals surface area contributed by atoms with Gasteiger partial charge in [-0.15, -0.1) is 0 Å². The number of ketones is 1. The predicted octanol–water partition coefficient (Wildman–Crippen LogP) is 3.45. The Labute approximate surface area is 167 Å². The average Bonchev–Trinajstić information content (AvgIpc) is 2.61. The highest BCUT2D eigenvalue weighted by atomic mass is 127. The smallest absolute Gasteiger partial charge is 0.336 e. The summed E-state index contributed by atoms with van der Waals surface area (Å²) in [4.78, 5) is 25.6. The molecule has 0 amide bonds. The maximum Gasteiger partial charge on any atom is 0.336 e. The van der Waals surface area contributed by atoms with Gasteiger partial charge in [-0.2, -0.15) is 0 Å². The zero-order chi connectivity index (χ0) is 18.7. The number of hydrogen-bond acceptors (Lipinski definition) is 5. The van der Waals surface area contributed by atoms with E-state index in [2.05, 4.69) is 27.9 Å². The zero-order valence-electron chi connectivity index (χ0n) is 14.9. The molecule has 1 aromatic rings. The fourth-order valence-electron chi connectivity index (χ4n) is 3.57. The predicted molar refractivity (Wildman–Crippen MR) is 106 cm³/mol. The number of benzene rings is 1. The van der Waals surface area contributed by atoms with E-state index in [1.54, 1.807) is 7.11 Å². The molecule has 0 spiro atoms. The number of nitrogens with one attached hydrogen (secondary N) is 1. The van der Waals surface area contributed by atoms with Crippen molar-refractivity contribution in [2.45, 2.75) is 32.1 Å². The summed E-state index contributed by atoms with van der Waals surface area (Å²) < 4.78 is 11.4. The Morgan fingerprint density at radius 1 is 1.27 bits per heavy atom. The van der Waals surface area contributed by atoms with Crippen molar-refractivity contribution in [3.05, 3.63) is 55.9 Å². The van der Waals surface area contributed by atoms with Crippen molar-refractivity contribution in [1.82, 2.24) is 5.32 Å². The highest BCUT2D eigenvalue weighted by molar-refractivity contribution is 14.1. The molecule has 0 aromatic heterocycles. The summed E-state index contributed by atoms with van der Waals surface area (Å²) in [5.74, 6) is -0.679. The number of esters is 1. The number of halogens is 1. The highest BCUT2D eigenvalue weighted by Gasteiger charge is 2.39. The maximum atomic E-state index is 12.8. The zero-order valence-corrected chi connectivity index (χ0v) is 17.1. The first kappa shape index (κ1) is 19.1. The molecule has 138 valence electrons. The molecule has 26 heavy (non-hydrogen) atoms. The topological polar surface area (TPSA) is 64.6 Å². The number of allylic oxidation sites excluding steroid dienone is 3. The van der Waals surface area contributed by atoms with E-state index in [1.165, 1.54) is 0 Å². The lowest BCUT2D eigenvalue weighted by molar-refractivity contribution is -0.140. The molecule has 1 N–H and O–H groups in total. The minimum atomic E-state index is -0.401. The normalized spacial score (nSPS) is 20.0. The van der Waals surface area contributed by atoms with Crippen LogP contribution >= 0.6 is 22.6 Å². The molecular formula is C20H22INO4. The molecule has 1 aliphatic carbocycles. The molecule has 1 unspecified atom stereocenters. The summed E-state index contributed by atoms with van der Waals surface area (Å²) >= 11 is 2.26. The molecular weight excluding hydrogens is 445 g/mol. The van der Waals surface area contributed by atoms with Crippen molar-refractivity contribution in [3.8, 4) is 0 Å². The van der Waals surface area contributed by atoms with E-state index >= 15 is 0 Å². The van der Waals surface area contributed by atoms with E-state index < -0.39 is 5.97 Å². The SMILES string of the molecule is COCCOC(=O)C1=C(C)NC2=C(C(=O)CCC2)C1c1ccccc1I. The number of methoxy groups -OCH3 is 1. The summed E-state index contributed by atoms with van der Waals surface area (Å²) in [5, 5.41) is 3.29. The summed E-state index contributed by atoms with van der Waals surface area (Å²) in [6.07, 6.45) is 2.18. The van der Waals surface area contributed by atoms with E-state index in [0.717, 1.165) is 33.4 Å². The van der Waals surface area contributed by atoms with Gasteiger partial charge in [-0.05, 0) is 54.0 Å². The van der Waals surface area contributed by atoms with E-state index in [0.29, 0.717) is 24.2 Å². The van der Waals surface area contributed by atoms with Gasteiger partial charge in [0.25, 0.3) is 0 Å². The van der Waals surface area contributed by atoms with Crippen molar-refractivity contribution in [1.29, 1.82) is 0 Å². The second-order valence-corrected chi connectivity index (χ2v) is 7.58. The Morgan fingerprint density at radius 3 is 2.77 bits per heavy atom. The van der Waals surface area contributed by atoms with Crippen molar-refractivity contribution in [2.24, 2.45) is 0 Å². The van der Waals surface area contributed by atoms with Gasteiger partial charge >= 0.3 is 5.97 Å². The van der Waals surface area contributed by atoms with Gasteiger partial charge in [0, 0.05) is 40.0 Å². The fourth-order valence-corrected chi connectivity index (χ4v) is 4.27. The molecule has 5 nitrogen and oxygen atoms in total. The average molecular weight is 467 g/mol. The minimum Gasteiger partial charge on any atom is -0.460 e. The van der Waals surface area contributed by atoms with Crippen LogP contribution in [-0.4, -0.2) is 32.1 Å². The third kappa shape index (κ3) is 3.71. The van der Waals surface area contributed by atoms with Crippen molar-refractivity contribution < 1.29 is 19.1 Å². The van der Waals surface area contributed by atoms with Crippen LogP contribution in [-0.2, 0) is 19.1 Å². The van der Waals surface area contributed by atoms with Crippen LogP contribution in [0.3, 0.4) is 0 Å². The molecule has 0 fully saturated rings. The molecule has 2 aliphatic rings. The maximum absolute atomic E-state index is 12.8. The minimum absolute atomic E-state index is 0.109. The Kier molecular flexibility index (Phi) is 6.13. The van der Waals surface area contributed by atoms with Crippen LogP contribution in [0.1, 0.15) is 37.7 Å². The lowest BCUT2D eigenvalue weighted by atomic mass is 9.75. The van der Waals surface area contributed by atoms with E-state index in [-0.39, 0.29) is 18.3 Å². The third-order valence-corrected chi connectivity index (χ3v) is 5.72. The first-order valence-electron chi connectivity index (χ1n) is 8.69. The summed E-state index contributed by atoms with van der Waals surface area (Å²) in [6, 6.07) is 7.88. The lowest BCUT2D eigenvalue weighted by Gasteiger charge is -2.34. The molecule has 6 heteroatoms. The highest BCUT2D eigenvalue weighted by Crippen LogP contribution is 2.43. The summed E-state index contributed by atoms with van der Waals surface area (Å²) in [5.41, 5.74) is 3.89. The molecule has 0 radical (unpaired) electrons. The number of Topliss-reactive ketones (excluding diaryl/α,β-unsaturated/α-hetero) is 1. The second kappa shape index (κ2) is 8.35. The molecule has 1 aromatic carbocycles. The van der Waals surface area contributed by atoms with Crippen molar-refractivity contribution >= 4 is 34.3 Å². The molecule has 0 saturated heterocycles. The van der Waals surface area contributed by atoms with Crippen LogP contribution in [0.4, 0.5) is 0 Å². The lowest BCUT2D eigenvalue weighted by Crippen LogP contribution is -2.35. The molecule has 1 heterocycles. The summed E-state index contributed by atoms with van der Waals surface area (Å²) in [7, 11) is 1.56. The number of dihydropyridines is 1. The van der Waals surface area contributed by atoms with Gasteiger partial charge in [0.05, 0.1) is 12.2 Å². The van der Waals surface area contributed by atoms with Gasteiger partial charge in [0.1, 0.15) is 6.61 Å². The van der Waals surface area contributed by atoms with Crippen molar-refractivity contribution in [2.75, 3.05) is 20.3 Å². The molecule has 1 aliphatic heterocycles. The standard InChI is InChI=1S/C20H22INO4/c1-12-17(20(24)26-11-10-25-2)18(13-6-3-4-7-14(13)21)19-15(22-12)8-5-9-16(19)23/h3-4,6-7,18,22H,5,8-11H2,1-2H3. The number of rotatable bonds is 5. The fraction of sp³-hybridized carbons (Fsp3) is 0.400. The molecule has 0 bridgehead atoms. The van der Waals surface area contributed by atoms with E-state index in [1.807, 2.05) is 31.2 Å². The summed E-state index contributed by atoms with van der Waals surface area (Å²) in [6.45, 7) is 2.40. The van der Waals surface area contributed by atoms with Crippen LogP contribution in [0.2, 0.25) is 0 Å². The quantitative estimate of drug-likeness (QED) is 0.409. The first-order chi connectivity index (χ1) is 12.5. The van der Waals surface area contributed by atoms with Crippen LogP contribution in [0, 0.1) is 3.57 Å². The third-order valence-electron chi connectivity index (χ3n) is 4.73. The van der Waals surface area contributed by atoms with Gasteiger partial charge < -0.3 is 14.8 Å². The second-order valence-electron chi connectivity index (χ2n) is 6.42. The van der Waals surface area contributed by atoms with Crippen molar-refractivity contribution in [3.63, 3.8) is 0 Å². The first-order valence-corrected chi connectivity index (χ1v) is 9.77. The van der Waals surface area contributed by atoms with Gasteiger partial charge in [-0.1, -0.05) is 18.2 Å². The van der Waals surface area contributed by atoms with Gasteiger partial charge in [-0.25, -0.2) is 4.79 Å². The van der Waals surface area contributed by atoms with Crippen LogP contribution in [0.15, 0.2) is 46.8 Å².